The van der Waals surface area contributed by atoms with Gasteiger partial charge in [0.1, 0.15) is 6.07 Å². The first-order chi connectivity index (χ1) is 6.67. The molecule has 1 aromatic rings. The maximum absolute atomic E-state index is 8.76. The van der Waals surface area contributed by atoms with Crippen molar-refractivity contribution in [1.82, 2.24) is 0 Å². The van der Waals surface area contributed by atoms with Crippen LogP contribution in [-0.2, 0) is 6.42 Å². The first kappa shape index (κ1) is 13.7. The van der Waals surface area contributed by atoms with Gasteiger partial charge in [-0.25, -0.2) is 0 Å². The highest BCUT2D eigenvalue weighted by molar-refractivity contribution is 5.85. The summed E-state index contributed by atoms with van der Waals surface area (Å²) in [6, 6.07) is 6.88. The number of nitriles is 1. The van der Waals surface area contributed by atoms with Gasteiger partial charge in [0.2, 0.25) is 0 Å². The molecule has 0 amide bonds. The number of aliphatic hydroxyl groups is 1. The Morgan fingerprint density at radius 1 is 1.47 bits per heavy atom. The Labute approximate surface area is 94.9 Å². The average molecular weight is 228 g/mol. The van der Waals surface area contributed by atoms with Crippen molar-refractivity contribution in [2.75, 3.05) is 12.3 Å². The fourth-order valence-electron chi connectivity index (χ4n) is 1.21. The Balaban J connectivity index is 0.00000196. The van der Waals surface area contributed by atoms with Crippen LogP contribution in [0.5, 0.6) is 0 Å². The van der Waals surface area contributed by atoms with Gasteiger partial charge < -0.3 is 16.6 Å². The fourth-order valence-corrected chi connectivity index (χ4v) is 1.21. The van der Waals surface area contributed by atoms with E-state index in [1.54, 1.807) is 18.2 Å². The van der Waals surface area contributed by atoms with E-state index in [0.29, 0.717) is 17.7 Å². The Morgan fingerprint density at radius 3 is 2.60 bits per heavy atom. The first-order valence-corrected chi connectivity index (χ1v) is 4.32. The molecule has 0 aliphatic heterocycles. The van der Waals surface area contributed by atoms with Crippen molar-refractivity contribution in [1.29, 1.82) is 5.26 Å². The summed E-state index contributed by atoms with van der Waals surface area (Å²) in [6.45, 7) is -0.0556. The predicted octanol–water partition coefficient (Wildman–Crippen LogP) is 0.424. The maximum atomic E-state index is 8.76. The number of rotatable bonds is 3. The molecule has 1 atom stereocenters. The molecule has 0 aliphatic rings. The SMILES string of the molecule is Cl.N#Cc1ccc(C[C@@H](N)CO)cc1N. The standard InChI is InChI=1S/C10H13N3O.ClH/c11-5-8-2-1-7(4-10(8)13)3-9(12)6-14;/h1-2,4,9,14H,3,6,12-13H2;1H/t9-;/m1./s1. The zero-order chi connectivity index (χ0) is 10.6. The van der Waals surface area contributed by atoms with E-state index in [-0.39, 0.29) is 25.1 Å². The number of aliphatic hydroxyl groups excluding tert-OH is 1. The van der Waals surface area contributed by atoms with Crippen LogP contribution in [0, 0.1) is 11.3 Å². The van der Waals surface area contributed by atoms with Crippen molar-refractivity contribution in [3.8, 4) is 6.07 Å². The lowest BCUT2D eigenvalue weighted by Crippen LogP contribution is -2.26. The van der Waals surface area contributed by atoms with Crippen molar-refractivity contribution in [2.45, 2.75) is 12.5 Å². The highest BCUT2D eigenvalue weighted by atomic mass is 35.5. The van der Waals surface area contributed by atoms with Gasteiger partial charge in [-0.3, -0.25) is 0 Å². The third-order valence-electron chi connectivity index (χ3n) is 1.97. The Bertz CT molecular complexity index is 362. The molecule has 0 aromatic heterocycles. The van der Waals surface area contributed by atoms with Gasteiger partial charge in [0.15, 0.2) is 0 Å². The minimum absolute atomic E-state index is 0. The third kappa shape index (κ3) is 3.76. The van der Waals surface area contributed by atoms with Crippen LogP contribution in [0.1, 0.15) is 11.1 Å². The summed E-state index contributed by atoms with van der Waals surface area (Å²) >= 11 is 0. The van der Waals surface area contributed by atoms with Crippen LogP contribution in [0.4, 0.5) is 5.69 Å². The second-order valence-corrected chi connectivity index (χ2v) is 3.18. The Hall–Kier alpha value is -1.28. The van der Waals surface area contributed by atoms with Crippen molar-refractivity contribution in [2.24, 2.45) is 5.73 Å². The molecule has 0 fully saturated rings. The highest BCUT2D eigenvalue weighted by Crippen LogP contribution is 2.14. The lowest BCUT2D eigenvalue weighted by molar-refractivity contribution is 0.265. The lowest BCUT2D eigenvalue weighted by Gasteiger charge is -2.08. The topological polar surface area (TPSA) is 96.1 Å². The summed E-state index contributed by atoms with van der Waals surface area (Å²) in [5.74, 6) is 0. The number of nitrogens with zero attached hydrogens (tertiary/aromatic N) is 1. The van der Waals surface area contributed by atoms with Crippen molar-refractivity contribution < 1.29 is 5.11 Å². The van der Waals surface area contributed by atoms with Gasteiger partial charge in [-0.05, 0) is 24.1 Å². The van der Waals surface area contributed by atoms with Gasteiger partial charge in [-0.1, -0.05) is 6.07 Å². The number of benzene rings is 1. The van der Waals surface area contributed by atoms with Crippen LogP contribution < -0.4 is 11.5 Å². The summed E-state index contributed by atoms with van der Waals surface area (Å²) in [6.07, 6.45) is 0.562. The van der Waals surface area contributed by atoms with E-state index >= 15 is 0 Å². The van der Waals surface area contributed by atoms with Crippen LogP contribution in [0.3, 0.4) is 0 Å². The van der Waals surface area contributed by atoms with Gasteiger partial charge in [0, 0.05) is 11.7 Å². The fraction of sp³-hybridized carbons (Fsp3) is 0.300. The van der Waals surface area contributed by atoms with Gasteiger partial charge in [-0.2, -0.15) is 5.26 Å². The van der Waals surface area contributed by atoms with E-state index < -0.39 is 0 Å². The number of hydrogen-bond donors (Lipinski definition) is 3. The smallest absolute Gasteiger partial charge is 0.101 e. The molecule has 4 nitrogen and oxygen atoms in total. The minimum atomic E-state index is -0.276. The van der Waals surface area contributed by atoms with Crippen LogP contribution in [0.2, 0.25) is 0 Å². The van der Waals surface area contributed by atoms with E-state index in [4.69, 9.17) is 21.8 Å². The summed E-state index contributed by atoms with van der Waals surface area (Å²) in [5, 5.41) is 17.4. The zero-order valence-electron chi connectivity index (χ0n) is 8.18. The van der Waals surface area contributed by atoms with Crippen LogP contribution in [-0.4, -0.2) is 17.8 Å². The van der Waals surface area contributed by atoms with E-state index in [1.807, 2.05) is 6.07 Å². The first-order valence-electron chi connectivity index (χ1n) is 4.32. The molecule has 0 saturated carbocycles. The van der Waals surface area contributed by atoms with E-state index in [9.17, 15) is 0 Å². The second kappa shape index (κ2) is 6.25. The average Bonchev–Trinajstić information content (AvgIpc) is 2.18. The molecular formula is C10H14ClN3O. The Kier molecular flexibility index (Phi) is 5.72. The van der Waals surface area contributed by atoms with Gasteiger partial charge >= 0.3 is 0 Å². The molecule has 0 radical (unpaired) electrons. The molecule has 0 bridgehead atoms. The van der Waals surface area contributed by atoms with Crippen molar-refractivity contribution in [3.05, 3.63) is 29.3 Å². The largest absolute Gasteiger partial charge is 0.398 e. The Morgan fingerprint density at radius 2 is 2.13 bits per heavy atom. The molecule has 0 heterocycles. The van der Waals surface area contributed by atoms with Gasteiger partial charge in [-0.15, -0.1) is 12.4 Å². The normalized spacial score (nSPS) is 11.3. The zero-order valence-corrected chi connectivity index (χ0v) is 9.00. The summed E-state index contributed by atoms with van der Waals surface area (Å²) in [7, 11) is 0. The molecule has 5 heteroatoms. The monoisotopic (exact) mass is 227 g/mol. The van der Waals surface area contributed by atoms with Crippen LogP contribution in [0.15, 0.2) is 18.2 Å². The number of nitrogens with two attached hydrogens (primary N) is 2. The molecule has 82 valence electrons. The van der Waals surface area contributed by atoms with Crippen LogP contribution in [0.25, 0.3) is 0 Å². The molecule has 0 aliphatic carbocycles. The molecule has 0 unspecified atom stereocenters. The maximum Gasteiger partial charge on any atom is 0.101 e. The lowest BCUT2D eigenvalue weighted by atomic mass is 10.0. The quantitative estimate of drug-likeness (QED) is 0.653. The molecule has 0 spiro atoms. The van der Waals surface area contributed by atoms with Gasteiger partial charge in [0.25, 0.3) is 0 Å². The number of hydrogen-bond acceptors (Lipinski definition) is 4. The molecule has 1 rings (SSSR count). The molecular weight excluding hydrogens is 214 g/mol. The van der Waals surface area contributed by atoms with E-state index in [0.717, 1.165) is 5.56 Å². The van der Waals surface area contributed by atoms with Crippen LogP contribution >= 0.6 is 12.4 Å². The molecule has 0 saturated heterocycles. The predicted molar refractivity (Wildman–Crippen MR) is 61.6 cm³/mol. The third-order valence-corrected chi connectivity index (χ3v) is 1.97. The second-order valence-electron chi connectivity index (χ2n) is 3.18. The summed E-state index contributed by atoms with van der Waals surface area (Å²) in [5.41, 5.74) is 13.0. The van der Waals surface area contributed by atoms with Gasteiger partial charge in [0.05, 0.1) is 12.2 Å². The number of anilines is 1. The number of halogens is 1. The minimum Gasteiger partial charge on any atom is -0.398 e. The number of nitrogen functional groups attached to an aromatic ring is 1. The summed E-state index contributed by atoms with van der Waals surface area (Å²) < 4.78 is 0. The van der Waals surface area contributed by atoms with Crippen molar-refractivity contribution >= 4 is 18.1 Å². The molecule has 15 heavy (non-hydrogen) atoms. The highest BCUT2D eigenvalue weighted by Gasteiger charge is 2.04. The van der Waals surface area contributed by atoms with E-state index in [1.165, 1.54) is 0 Å². The van der Waals surface area contributed by atoms with E-state index in [2.05, 4.69) is 0 Å². The summed E-state index contributed by atoms with van der Waals surface area (Å²) in [4.78, 5) is 0. The molecule has 5 N–H and O–H groups in total. The van der Waals surface area contributed by atoms with Crippen molar-refractivity contribution in [3.63, 3.8) is 0 Å². The molecule has 1 aromatic carbocycles.